The third-order valence-corrected chi connectivity index (χ3v) is 5.04. The number of fused-ring (bicyclic) bond motifs is 4. The summed E-state index contributed by atoms with van der Waals surface area (Å²) in [5, 5.41) is 3.84. The molecule has 21 heavy (non-hydrogen) atoms. The van der Waals surface area contributed by atoms with Crippen molar-refractivity contribution in [3.05, 3.63) is 59.2 Å². The molecule has 1 spiro atoms. The van der Waals surface area contributed by atoms with Crippen molar-refractivity contribution in [2.24, 2.45) is 5.92 Å². The van der Waals surface area contributed by atoms with Crippen molar-refractivity contribution in [3.63, 3.8) is 0 Å². The van der Waals surface area contributed by atoms with Crippen LogP contribution in [-0.4, -0.2) is 12.1 Å². The SMILES string of the molecule is CC1(C)COC2(N1)c1ccccc1CCC1=CC=CCC12. The van der Waals surface area contributed by atoms with Crippen molar-refractivity contribution in [1.82, 2.24) is 5.32 Å². The van der Waals surface area contributed by atoms with Gasteiger partial charge in [-0.1, -0.05) is 48.1 Å². The Labute approximate surface area is 126 Å². The molecule has 1 fully saturated rings. The highest BCUT2D eigenvalue weighted by molar-refractivity contribution is 5.41. The van der Waals surface area contributed by atoms with Crippen molar-refractivity contribution in [3.8, 4) is 0 Å². The molecule has 1 aromatic carbocycles. The molecular formula is C19H23NO. The lowest BCUT2D eigenvalue weighted by Gasteiger charge is -2.39. The van der Waals surface area contributed by atoms with Gasteiger partial charge in [-0.25, -0.2) is 0 Å². The molecule has 2 aliphatic carbocycles. The highest BCUT2D eigenvalue weighted by Gasteiger charge is 2.52. The maximum atomic E-state index is 6.49. The first kappa shape index (κ1) is 13.3. The lowest BCUT2D eigenvalue weighted by molar-refractivity contribution is -0.0524. The van der Waals surface area contributed by atoms with Crippen molar-refractivity contribution in [1.29, 1.82) is 0 Å². The second-order valence-electron chi connectivity index (χ2n) is 7.15. The van der Waals surface area contributed by atoms with Crippen LogP contribution in [0.4, 0.5) is 0 Å². The molecule has 0 bridgehead atoms. The van der Waals surface area contributed by atoms with Gasteiger partial charge in [0, 0.05) is 17.0 Å². The van der Waals surface area contributed by atoms with E-state index in [2.05, 4.69) is 61.7 Å². The summed E-state index contributed by atoms with van der Waals surface area (Å²) >= 11 is 0. The first-order valence-corrected chi connectivity index (χ1v) is 7.98. The standard InChI is InChI=1S/C19H23NO/c1-18(2)13-21-19(20-18)16-9-5-3-7-14(16)11-12-15-8-4-6-10-17(15)19/h3-9,17,20H,10-13H2,1-2H3. The molecule has 4 rings (SSSR count). The zero-order valence-corrected chi connectivity index (χ0v) is 12.9. The predicted octanol–water partition coefficient (Wildman–Crippen LogP) is 3.69. The summed E-state index contributed by atoms with van der Waals surface area (Å²) in [7, 11) is 0. The van der Waals surface area contributed by atoms with Gasteiger partial charge in [-0.15, -0.1) is 0 Å². The summed E-state index contributed by atoms with van der Waals surface area (Å²) in [4.78, 5) is 0. The highest BCUT2D eigenvalue weighted by Crippen LogP contribution is 2.48. The lowest BCUT2D eigenvalue weighted by Crippen LogP contribution is -2.51. The molecule has 0 radical (unpaired) electrons. The second-order valence-corrected chi connectivity index (χ2v) is 7.15. The average Bonchev–Trinajstić information content (AvgIpc) is 2.75. The third kappa shape index (κ3) is 2.01. The largest absolute Gasteiger partial charge is 0.354 e. The zero-order valence-electron chi connectivity index (χ0n) is 12.9. The normalized spacial score (nSPS) is 33.2. The summed E-state index contributed by atoms with van der Waals surface area (Å²) in [6, 6.07) is 8.81. The number of hydrogen-bond acceptors (Lipinski definition) is 2. The van der Waals surface area contributed by atoms with Crippen molar-refractivity contribution in [2.45, 2.75) is 44.4 Å². The Balaban J connectivity index is 1.90. The van der Waals surface area contributed by atoms with Gasteiger partial charge in [-0.05, 0) is 38.7 Å². The van der Waals surface area contributed by atoms with Gasteiger partial charge in [0.1, 0.15) is 0 Å². The van der Waals surface area contributed by atoms with Crippen LogP contribution in [0.25, 0.3) is 0 Å². The van der Waals surface area contributed by atoms with E-state index in [4.69, 9.17) is 4.74 Å². The minimum Gasteiger partial charge on any atom is -0.354 e. The van der Waals surface area contributed by atoms with E-state index in [0.29, 0.717) is 5.92 Å². The number of hydrogen-bond donors (Lipinski definition) is 1. The molecule has 2 unspecified atom stereocenters. The molecule has 110 valence electrons. The number of nitrogens with one attached hydrogen (secondary N) is 1. The van der Waals surface area contributed by atoms with Crippen LogP contribution in [0.3, 0.4) is 0 Å². The minimum atomic E-state index is -0.354. The molecule has 0 saturated carbocycles. The molecule has 2 heteroatoms. The Bertz CT molecular complexity index is 628. The lowest BCUT2D eigenvalue weighted by atomic mass is 9.79. The van der Waals surface area contributed by atoms with E-state index in [-0.39, 0.29) is 11.3 Å². The van der Waals surface area contributed by atoms with Gasteiger partial charge in [-0.2, -0.15) is 0 Å². The van der Waals surface area contributed by atoms with E-state index in [1.165, 1.54) is 16.7 Å². The maximum Gasteiger partial charge on any atom is 0.153 e. The molecule has 2 atom stereocenters. The average molecular weight is 281 g/mol. The number of aryl methyl sites for hydroxylation is 1. The van der Waals surface area contributed by atoms with Crippen LogP contribution in [-0.2, 0) is 16.9 Å². The molecule has 1 aromatic rings. The second kappa shape index (κ2) is 4.56. The van der Waals surface area contributed by atoms with E-state index < -0.39 is 0 Å². The Morgan fingerprint density at radius 1 is 1.19 bits per heavy atom. The van der Waals surface area contributed by atoms with Crippen LogP contribution in [0, 0.1) is 5.92 Å². The molecule has 1 saturated heterocycles. The first-order chi connectivity index (χ1) is 10.1. The Hall–Kier alpha value is -1.38. The van der Waals surface area contributed by atoms with Gasteiger partial charge in [0.15, 0.2) is 5.72 Å². The number of benzene rings is 1. The topological polar surface area (TPSA) is 21.3 Å². The van der Waals surface area contributed by atoms with Gasteiger partial charge in [0.05, 0.1) is 6.61 Å². The van der Waals surface area contributed by atoms with E-state index in [9.17, 15) is 0 Å². The van der Waals surface area contributed by atoms with Gasteiger partial charge in [0.25, 0.3) is 0 Å². The van der Waals surface area contributed by atoms with Crippen molar-refractivity contribution >= 4 is 0 Å². The van der Waals surface area contributed by atoms with Crippen LogP contribution in [0.5, 0.6) is 0 Å². The predicted molar refractivity (Wildman–Crippen MR) is 84.9 cm³/mol. The molecule has 0 amide bonds. The van der Waals surface area contributed by atoms with E-state index in [1.807, 2.05) is 0 Å². The Kier molecular flexibility index (Phi) is 2.88. The smallest absolute Gasteiger partial charge is 0.153 e. The molecule has 1 heterocycles. The van der Waals surface area contributed by atoms with Crippen LogP contribution in [0.1, 0.15) is 37.8 Å². The number of allylic oxidation sites excluding steroid dienone is 3. The molecular weight excluding hydrogens is 258 g/mol. The van der Waals surface area contributed by atoms with Gasteiger partial charge >= 0.3 is 0 Å². The van der Waals surface area contributed by atoms with Crippen LogP contribution < -0.4 is 5.32 Å². The Morgan fingerprint density at radius 2 is 2.05 bits per heavy atom. The van der Waals surface area contributed by atoms with Crippen LogP contribution in [0.15, 0.2) is 48.1 Å². The summed E-state index contributed by atoms with van der Waals surface area (Å²) in [5.74, 6) is 0.410. The summed E-state index contributed by atoms with van der Waals surface area (Å²) in [5.41, 5.74) is 3.97. The van der Waals surface area contributed by atoms with E-state index >= 15 is 0 Å². The molecule has 0 aromatic heterocycles. The third-order valence-electron chi connectivity index (χ3n) is 5.04. The fraction of sp³-hybridized carbons (Fsp3) is 0.474. The summed E-state index contributed by atoms with van der Waals surface area (Å²) in [6.45, 7) is 5.23. The quantitative estimate of drug-likeness (QED) is 0.783. The van der Waals surface area contributed by atoms with Gasteiger partial charge in [-0.3, -0.25) is 5.32 Å². The summed E-state index contributed by atoms with van der Waals surface area (Å²) < 4.78 is 6.49. The van der Waals surface area contributed by atoms with E-state index in [1.54, 1.807) is 0 Å². The first-order valence-electron chi connectivity index (χ1n) is 7.98. The van der Waals surface area contributed by atoms with E-state index in [0.717, 1.165) is 25.9 Å². The summed E-state index contributed by atoms with van der Waals surface area (Å²) in [6.07, 6.45) is 10.1. The zero-order chi connectivity index (χ0) is 14.5. The molecule has 1 aliphatic heterocycles. The van der Waals surface area contributed by atoms with Crippen LogP contribution >= 0.6 is 0 Å². The molecule has 3 aliphatic rings. The van der Waals surface area contributed by atoms with Crippen molar-refractivity contribution in [2.75, 3.05) is 6.61 Å². The minimum absolute atomic E-state index is 0.0176. The van der Waals surface area contributed by atoms with Crippen LogP contribution in [0.2, 0.25) is 0 Å². The van der Waals surface area contributed by atoms with Gasteiger partial charge in [0.2, 0.25) is 0 Å². The Morgan fingerprint density at radius 3 is 2.86 bits per heavy atom. The number of ether oxygens (including phenoxy) is 1. The molecule has 2 nitrogen and oxygen atoms in total. The number of rotatable bonds is 0. The molecule has 1 N–H and O–H groups in total. The van der Waals surface area contributed by atoms with Gasteiger partial charge < -0.3 is 4.74 Å². The maximum absolute atomic E-state index is 6.49. The fourth-order valence-corrected chi connectivity index (χ4v) is 4.13. The monoisotopic (exact) mass is 281 g/mol. The fourth-order valence-electron chi connectivity index (χ4n) is 4.13. The van der Waals surface area contributed by atoms with Crippen molar-refractivity contribution < 1.29 is 4.74 Å². The highest BCUT2D eigenvalue weighted by atomic mass is 16.5.